The van der Waals surface area contributed by atoms with Gasteiger partial charge in [0, 0.05) is 18.3 Å². The molecule has 2 aromatic carbocycles. The van der Waals surface area contributed by atoms with Crippen LogP contribution in [0.15, 0.2) is 88.8 Å². The number of methoxy groups -OCH3 is 1. The summed E-state index contributed by atoms with van der Waals surface area (Å²) >= 11 is 0. The first-order valence-electron chi connectivity index (χ1n) is 9.91. The Bertz CT molecular complexity index is 1570. The minimum Gasteiger partial charge on any atom is -0.491 e. The van der Waals surface area contributed by atoms with Crippen molar-refractivity contribution in [3.63, 3.8) is 0 Å². The molecule has 0 amide bonds. The molecule has 164 valence electrons. The highest BCUT2D eigenvalue weighted by atomic mass is 19.1. The van der Waals surface area contributed by atoms with Crippen LogP contribution in [-0.4, -0.2) is 36.5 Å². The van der Waals surface area contributed by atoms with Gasteiger partial charge in [0.05, 0.1) is 36.6 Å². The number of benzene rings is 2. The molecule has 0 saturated heterocycles. The van der Waals surface area contributed by atoms with Crippen LogP contribution in [0.4, 0.5) is 4.39 Å². The average molecular weight is 444 g/mol. The van der Waals surface area contributed by atoms with E-state index in [1.807, 2.05) is 30.3 Å². The number of ether oxygens (including phenoxy) is 1. The highest BCUT2D eigenvalue weighted by Crippen LogP contribution is 2.22. The lowest BCUT2D eigenvalue weighted by atomic mass is 10.2. The van der Waals surface area contributed by atoms with Crippen molar-refractivity contribution in [2.75, 3.05) is 7.11 Å². The molecule has 9 nitrogen and oxygen atoms in total. The largest absolute Gasteiger partial charge is 0.491 e. The van der Waals surface area contributed by atoms with E-state index < -0.39 is 11.2 Å². The van der Waals surface area contributed by atoms with Crippen LogP contribution in [0.2, 0.25) is 0 Å². The number of aromatic nitrogens is 6. The lowest BCUT2D eigenvalue weighted by molar-refractivity contribution is 0.405. The van der Waals surface area contributed by atoms with Crippen molar-refractivity contribution in [3.8, 4) is 34.2 Å². The predicted molar refractivity (Wildman–Crippen MR) is 119 cm³/mol. The first-order valence-corrected chi connectivity index (χ1v) is 9.91. The topological polar surface area (TPSA) is 99.7 Å². The van der Waals surface area contributed by atoms with E-state index in [-0.39, 0.29) is 22.7 Å². The number of hydrogen-bond donors (Lipinski definition) is 1. The Labute approximate surface area is 185 Å². The second kappa shape index (κ2) is 8.08. The van der Waals surface area contributed by atoms with Gasteiger partial charge < -0.3 is 4.74 Å². The highest BCUT2D eigenvalue weighted by Gasteiger charge is 2.19. The number of rotatable bonds is 5. The zero-order valence-electron chi connectivity index (χ0n) is 17.3. The van der Waals surface area contributed by atoms with Crippen LogP contribution < -0.4 is 15.7 Å². The van der Waals surface area contributed by atoms with Gasteiger partial charge in [-0.15, -0.1) is 0 Å². The number of halogens is 1. The van der Waals surface area contributed by atoms with Crippen LogP contribution in [0.5, 0.6) is 5.75 Å². The SMILES string of the molecule is COc1cn(-c2ccc(-n3ccc(=O)[nH]3)cc2F)nc(-c2ccnn2-c2ccccc2)c1=O. The molecule has 3 aromatic heterocycles. The quantitative estimate of drug-likeness (QED) is 0.449. The van der Waals surface area contributed by atoms with Gasteiger partial charge in [-0.25, -0.2) is 13.8 Å². The lowest BCUT2D eigenvalue weighted by Crippen LogP contribution is -2.18. The molecule has 5 rings (SSSR count). The van der Waals surface area contributed by atoms with E-state index in [9.17, 15) is 9.59 Å². The number of aromatic amines is 1. The van der Waals surface area contributed by atoms with Gasteiger partial charge in [-0.3, -0.25) is 19.4 Å². The Balaban J connectivity index is 1.65. The lowest BCUT2D eigenvalue weighted by Gasteiger charge is -2.13. The van der Waals surface area contributed by atoms with Crippen molar-refractivity contribution >= 4 is 0 Å². The van der Waals surface area contributed by atoms with E-state index in [0.29, 0.717) is 11.4 Å². The molecular formula is C23H17FN6O3. The van der Waals surface area contributed by atoms with Gasteiger partial charge in [-0.1, -0.05) is 18.2 Å². The summed E-state index contributed by atoms with van der Waals surface area (Å²) in [5.74, 6) is -0.609. The maximum atomic E-state index is 15.1. The molecule has 5 aromatic rings. The van der Waals surface area contributed by atoms with Gasteiger partial charge in [0.15, 0.2) is 17.3 Å². The third kappa shape index (κ3) is 3.63. The summed E-state index contributed by atoms with van der Waals surface area (Å²) < 4.78 is 24.6. The number of hydrogen-bond acceptors (Lipinski definition) is 5. The number of H-pyrrole nitrogens is 1. The summed E-state index contributed by atoms with van der Waals surface area (Å²) in [7, 11) is 1.36. The third-order valence-corrected chi connectivity index (χ3v) is 5.05. The fourth-order valence-corrected chi connectivity index (χ4v) is 3.48. The van der Waals surface area contributed by atoms with E-state index >= 15 is 4.39 Å². The molecule has 1 N–H and O–H groups in total. The molecule has 0 radical (unpaired) electrons. The second-order valence-corrected chi connectivity index (χ2v) is 7.08. The third-order valence-electron chi connectivity index (χ3n) is 5.05. The molecule has 0 aliphatic heterocycles. The fourth-order valence-electron chi connectivity index (χ4n) is 3.48. The monoisotopic (exact) mass is 444 g/mol. The van der Waals surface area contributed by atoms with E-state index in [4.69, 9.17) is 4.74 Å². The van der Waals surface area contributed by atoms with Crippen molar-refractivity contribution in [2.45, 2.75) is 0 Å². The number of nitrogens with one attached hydrogen (secondary N) is 1. The van der Waals surface area contributed by atoms with Crippen molar-refractivity contribution in [2.24, 2.45) is 0 Å². The number of para-hydroxylation sites is 1. The predicted octanol–water partition coefficient (Wildman–Crippen LogP) is 2.71. The highest BCUT2D eigenvalue weighted by molar-refractivity contribution is 5.59. The minimum absolute atomic E-state index is 0.000900. The first-order chi connectivity index (χ1) is 16.0. The molecule has 0 atom stereocenters. The molecule has 0 aliphatic carbocycles. The molecular weight excluding hydrogens is 427 g/mol. The van der Waals surface area contributed by atoms with E-state index in [1.165, 1.54) is 47.1 Å². The Hall–Kier alpha value is -4.73. The first kappa shape index (κ1) is 20.2. The van der Waals surface area contributed by atoms with Gasteiger partial charge in [0.25, 0.3) is 11.0 Å². The maximum Gasteiger partial charge on any atom is 0.264 e. The van der Waals surface area contributed by atoms with Crippen LogP contribution in [-0.2, 0) is 0 Å². The van der Waals surface area contributed by atoms with Gasteiger partial charge >= 0.3 is 0 Å². The molecule has 0 spiro atoms. The van der Waals surface area contributed by atoms with Crippen LogP contribution in [0, 0.1) is 5.82 Å². The molecule has 3 heterocycles. The summed E-state index contributed by atoms with van der Waals surface area (Å²) in [5.41, 5.74) is 0.991. The van der Waals surface area contributed by atoms with Gasteiger partial charge in [-0.2, -0.15) is 10.2 Å². The Kier molecular flexibility index (Phi) is 4.94. The van der Waals surface area contributed by atoms with Crippen molar-refractivity contribution in [1.82, 2.24) is 29.3 Å². The fraction of sp³-hybridized carbons (Fsp3) is 0.0435. The smallest absolute Gasteiger partial charge is 0.264 e. The van der Waals surface area contributed by atoms with Crippen molar-refractivity contribution in [3.05, 3.63) is 106 Å². The molecule has 0 unspecified atom stereocenters. The van der Waals surface area contributed by atoms with E-state index in [1.54, 1.807) is 23.0 Å². The molecule has 0 aliphatic rings. The van der Waals surface area contributed by atoms with Crippen LogP contribution >= 0.6 is 0 Å². The second-order valence-electron chi connectivity index (χ2n) is 7.08. The molecule has 0 bridgehead atoms. The summed E-state index contributed by atoms with van der Waals surface area (Å²) in [6, 6.07) is 16.6. The van der Waals surface area contributed by atoms with Crippen molar-refractivity contribution in [1.29, 1.82) is 0 Å². The van der Waals surface area contributed by atoms with Gasteiger partial charge in [0.1, 0.15) is 5.69 Å². The maximum absolute atomic E-state index is 15.1. The van der Waals surface area contributed by atoms with E-state index in [2.05, 4.69) is 15.3 Å². The van der Waals surface area contributed by atoms with Crippen LogP contribution in [0.1, 0.15) is 0 Å². The summed E-state index contributed by atoms with van der Waals surface area (Å²) in [6.07, 6.45) is 4.38. The van der Waals surface area contributed by atoms with Gasteiger partial charge in [-0.05, 0) is 30.3 Å². The van der Waals surface area contributed by atoms with E-state index in [0.717, 1.165) is 5.69 Å². The Morgan fingerprint density at radius 3 is 2.52 bits per heavy atom. The Morgan fingerprint density at radius 2 is 1.82 bits per heavy atom. The average Bonchev–Trinajstić information content (AvgIpc) is 3.49. The number of nitrogens with zero attached hydrogens (tertiary/aromatic N) is 5. The normalized spacial score (nSPS) is 11.0. The molecule has 0 saturated carbocycles. The minimum atomic E-state index is -0.609. The molecule has 0 fully saturated rings. The van der Waals surface area contributed by atoms with Gasteiger partial charge in [0.2, 0.25) is 0 Å². The summed E-state index contributed by atoms with van der Waals surface area (Å²) in [6.45, 7) is 0. The molecule has 10 heteroatoms. The van der Waals surface area contributed by atoms with Crippen molar-refractivity contribution < 1.29 is 9.13 Å². The summed E-state index contributed by atoms with van der Waals surface area (Å²) in [5, 5.41) is 11.3. The molecule has 33 heavy (non-hydrogen) atoms. The standard InChI is InChI=1S/C23H17FN6O3/c1-33-20-14-29(18-8-7-16(13-17(18)24)28-12-10-21(31)26-28)27-22(23(20)32)19-9-11-25-30(19)15-5-3-2-4-6-15/h2-14H,1H3,(H,26,31). The zero-order valence-corrected chi connectivity index (χ0v) is 17.3. The zero-order chi connectivity index (χ0) is 22.9. The summed E-state index contributed by atoms with van der Waals surface area (Å²) in [4.78, 5) is 24.4. The Morgan fingerprint density at radius 1 is 1.00 bits per heavy atom. The van der Waals surface area contributed by atoms with Crippen LogP contribution in [0.3, 0.4) is 0 Å². The van der Waals surface area contributed by atoms with Crippen LogP contribution in [0.25, 0.3) is 28.5 Å².